The fourth-order valence-corrected chi connectivity index (χ4v) is 5.03. The van der Waals surface area contributed by atoms with Gasteiger partial charge in [0, 0.05) is 5.69 Å². The summed E-state index contributed by atoms with van der Waals surface area (Å²) in [6, 6.07) is 13.0. The summed E-state index contributed by atoms with van der Waals surface area (Å²) >= 11 is 0. The molecule has 0 atom stereocenters. The summed E-state index contributed by atoms with van der Waals surface area (Å²) in [5.41, 5.74) is 10.9. The number of hydrogen-bond acceptors (Lipinski definition) is 5. The van der Waals surface area contributed by atoms with Crippen molar-refractivity contribution in [1.29, 1.82) is 0 Å². The van der Waals surface area contributed by atoms with Gasteiger partial charge in [-0.1, -0.05) is 36.8 Å². The van der Waals surface area contributed by atoms with Gasteiger partial charge in [0.15, 0.2) is 5.60 Å². The van der Waals surface area contributed by atoms with E-state index in [-0.39, 0.29) is 5.97 Å². The van der Waals surface area contributed by atoms with Crippen LogP contribution >= 0.6 is 0 Å². The Morgan fingerprint density at radius 3 is 2.40 bits per heavy atom. The lowest BCUT2D eigenvalue weighted by atomic mass is 9.81. The summed E-state index contributed by atoms with van der Waals surface area (Å²) in [7, 11) is -3.35. The molecule has 0 radical (unpaired) electrons. The molecule has 0 unspecified atom stereocenters. The van der Waals surface area contributed by atoms with Crippen LogP contribution in [0.4, 0.5) is 5.69 Å². The van der Waals surface area contributed by atoms with Crippen LogP contribution in [-0.2, 0) is 19.6 Å². The zero-order valence-corrected chi connectivity index (χ0v) is 18.0. The van der Waals surface area contributed by atoms with Crippen LogP contribution in [0.1, 0.15) is 43.2 Å². The molecule has 30 heavy (non-hydrogen) atoms. The molecule has 2 aliphatic rings. The van der Waals surface area contributed by atoms with Crippen LogP contribution in [0, 0.1) is 6.92 Å². The van der Waals surface area contributed by atoms with Crippen LogP contribution in [0.5, 0.6) is 0 Å². The molecule has 0 amide bonds. The SMILES string of the molecule is Cc1cc(-c2cccc(NS(C)(=O)=O)c2)ccc1C1=C(N)C2(CCCCC2)OC1=O. The second-order valence-electron chi connectivity index (χ2n) is 8.22. The molecule has 0 saturated heterocycles. The molecule has 0 aromatic heterocycles. The first-order valence-corrected chi connectivity index (χ1v) is 12.0. The molecule has 1 heterocycles. The number of carbonyl (C=O) groups is 1. The Bertz CT molecular complexity index is 1150. The molecule has 7 heteroatoms. The quantitative estimate of drug-likeness (QED) is 0.721. The number of benzene rings is 2. The third-order valence-electron chi connectivity index (χ3n) is 5.91. The normalized spacial score (nSPS) is 18.5. The van der Waals surface area contributed by atoms with Gasteiger partial charge in [-0.15, -0.1) is 0 Å². The van der Waals surface area contributed by atoms with E-state index in [1.54, 1.807) is 18.2 Å². The summed E-state index contributed by atoms with van der Waals surface area (Å²) in [5, 5.41) is 0. The van der Waals surface area contributed by atoms with Crippen molar-refractivity contribution in [2.45, 2.75) is 44.6 Å². The molecule has 3 N–H and O–H groups in total. The number of anilines is 1. The van der Waals surface area contributed by atoms with Crippen LogP contribution in [0.25, 0.3) is 16.7 Å². The summed E-state index contributed by atoms with van der Waals surface area (Å²) in [6.45, 7) is 1.94. The van der Waals surface area contributed by atoms with Gasteiger partial charge in [-0.05, 0) is 67.0 Å². The number of esters is 1. The van der Waals surface area contributed by atoms with E-state index < -0.39 is 15.6 Å². The van der Waals surface area contributed by atoms with Gasteiger partial charge in [0.25, 0.3) is 0 Å². The smallest absolute Gasteiger partial charge is 0.341 e. The molecule has 1 aliphatic carbocycles. The van der Waals surface area contributed by atoms with Crippen LogP contribution < -0.4 is 10.5 Å². The molecule has 1 fully saturated rings. The van der Waals surface area contributed by atoms with Gasteiger partial charge in [0.1, 0.15) is 0 Å². The van der Waals surface area contributed by atoms with Crippen molar-refractivity contribution in [2.24, 2.45) is 5.73 Å². The zero-order valence-electron chi connectivity index (χ0n) is 17.2. The second kappa shape index (κ2) is 7.47. The highest BCUT2D eigenvalue weighted by Crippen LogP contribution is 2.45. The van der Waals surface area contributed by atoms with E-state index >= 15 is 0 Å². The van der Waals surface area contributed by atoms with Gasteiger partial charge < -0.3 is 10.5 Å². The van der Waals surface area contributed by atoms with Crippen molar-refractivity contribution in [3.05, 3.63) is 59.3 Å². The second-order valence-corrected chi connectivity index (χ2v) is 9.97. The Hall–Kier alpha value is -2.80. The van der Waals surface area contributed by atoms with Crippen molar-refractivity contribution >= 4 is 27.3 Å². The van der Waals surface area contributed by atoms with E-state index in [4.69, 9.17) is 10.5 Å². The largest absolute Gasteiger partial charge is 0.449 e. The highest BCUT2D eigenvalue weighted by atomic mass is 32.2. The average Bonchev–Trinajstić information content (AvgIpc) is 2.91. The minimum absolute atomic E-state index is 0.343. The van der Waals surface area contributed by atoms with Gasteiger partial charge >= 0.3 is 5.97 Å². The zero-order chi connectivity index (χ0) is 21.5. The molecule has 0 bridgehead atoms. The first kappa shape index (κ1) is 20.5. The Labute approximate surface area is 177 Å². The lowest BCUT2D eigenvalue weighted by molar-refractivity contribution is -0.147. The monoisotopic (exact) mass is 426 g/mol. The maximum absolute atomic E-state index is 12.7. The highest BCUT2D eigenvalue weighted by Gasteiger charge is 2.47. The van der Waals surface area contributed by atoms with Gasteiger partial charge in [0.2, 0.25) is 10.0 Å². The van der Waals surface area contributed by atoms with Crippen molar-refractivity contribution in [3.63, 3.8) is 0 Å². The Balaban J connectivity index is 1.69. The van der Waals surface area contributed by atoms with Crippen molar-refractivity contribution in [2.75, 3.05) is 11.0 Å². The molecule has 2 aromatic carbocycles. The maximum Gasteiger partial charge on any atom is 0.341 e. The number of hydrogen-bond donors (Lipinski definition) is 2. The first-order chi connectivity index (χ1) is 14.2. The minimum Gasteiger partial charge on any atom is -0.449 e. The van der Waals surface area contributed by atoms with Crippen molar-refractivity contribution < 1.29 is 17.9 Å². The molecule has 1 aliphatic heterocycles. The topological polar surface area (TPSA) is 98.5 Å². The van der Waals surface area contributed by atoms with Gasteiger partial charge in [-0.3, -0.25) is 4.72 Å². The first-order valence-electron chi connectivity index (χ1n) is 10.1. The average molecular weight is 427 g/mol. The predicted molar refractivity (Wildman–Crippen MR) is 118 cm³/mol. The molecular formula is C23H26N2O4S. The lowest BCUT2D eigenvalue weighted by Crippen LogP contribution is -2.37. The summed E-state index contributed by atoms with van der Waals surface area (Å²) < 4.78 is 31.3. The Morgan fingerprint density at radius 1 is 1.03 bits per heavy atom. The standard InChI is InChI=1S/C23H26N2O4S/c1-15-13-17(16-7-6-8-18(14-16)25-30(2,27)28)9-10-19(15)20-21(24)23(29-22(20)26)11-4-3-5-12-23/h6-10,13-14,25H,3-5,11-12,24H2,1-2H3. The number of nitrogens with one attached hydrogen (secondary N) is 1. The van der Waals surface area contributed by atoms with Gasteiger partial charge in [0.05, 0.1) is 17.5 Å². The molecule has 4 rings (SSSR count). The third-order valence-corrected chi connectivity index (χ3v) is 6.52. The van der Waals surface area contributed by atoms with Gasteiger partial charge in [-0.25, -0.2) is 13.2 Å². The van der Waals surface area contributed by atoms with Crippen LogP contribution in [0.2, 0.25) is 0 Å². The van der Waals surface area contributed by atoms with Crippen LogP contribution in [0.3, 0.4) is 0 Å². The molecule has 158 valence electrons. The van der Waals surface area contributed by atoms with Crippen LogP contribution in [0.15, 0.2) is 48.2 Å². The Kier molecular flexibility index (Phi) is 5.10. The fourth-order valence-electron chi connectivity index (χ4n) is 4.47. The number of nitrogens with two attached hydrogens (primary N) is 1. The molecule has 1 spiro atoms. The lowest BCUT2D eigenvalue weighted by Gasteiger charge is -2.32. The van der Waals surface area contributed by atoms with Gasteiger partial charge in [-0.2, -0.15) is 0 Å². The fraction of sp³-hybridized carbons (Fsp3) is 0.348. The third kappa shape index (κ3) is 3.81. The molecule has 6 nitrogen and oxygen atoms in total. The number of carbonyl (C=O) groups excluding carboxylic acids is 1. The van der Waals surface area contributed by atoms with E-state index in [1.807, 2.05) is 31.2 Å². The summed E-state index contributed by atoms with van der Waals surface area (Å²) in [5.74, 6) is -0.343. The highest BCUT2D eigenvalue weighted by molar-refractivity contribution is 7.92. The number of ether oxygens (including phenoxy) is 1. The Morgan fingerprint density at radius 2 is 1.73 bits per heavy atom. The predicted octanol–water partition coefficient (Wildman–Crippen LogP) is 3.96. The van der Waals surface area contributed by atoms with E-state index in [0.717, 1.165) is 60.6 Å². The summed E-state index contributed by atoms with van der Waals surface area (Å²) in [6.07, 6.45) is 5.85. The maximum atomic E-state index is 12.7. The minimum atomic E-state index is -3.35. The summed E-state index contributed by atoms with van der Waals surface area (Å²) in [4.78, 5) is 12.7. The van der Waals surface area contributed by atoms with E-state index in [2.05, 4.69) is 4.72 Å². The van der Waals surface area contributed by atoms with E-state index in [9.17, 15) is 13.2 Å². The number of rotatable bonds is 4. The van der Waals surface area contributed by atoms with E-state index in [0.29, 0.717) is 17.0 Å². The molecule has 1 saturated carbocycles. The number of sulfonamides is 1. The van der Waals surface area contributed by atoms with E-state index in [1.165, 1.54) is 0 Å². The van der Waals surface area contributed by atoms with Crippen molar-refractivity contribution in [1.82, 2.24) is 0 Å². The molecule has 2 aromatic rings. The molecular weight excluding hydrogens is 400 g/mol. The van der Waals surface area contributed by atoms with Crippen LogP contribution in [-0.4, -0.2) is 26.2 Å². The van der Waals surface area contributed by atoms with Crippen molar-refractivity contribution in [3.8, 4) is 11.1 Å². The number of aryl methyl sites for hydroxylation is 1.